The molecular weight excluding hydrogens is 250 g/mol. The number of ether oxygens (including phenoxy) is 2. The summed E-state index contributed by atoms with van der Waals surface area (Å²) in [6.45, 7) is 5.16. The zero-order valence-electron chi connectivity index (χ0n) is 11.3. The van der Waals surface area contributed by atoms with Crippen molar-refractivity contribution in [2.24, 2.45) is 0 Å². The van der Waals surface area contributed by atoms with Crippen LogP contribution < -0.4 is 15.6 Å². The van der Waals surface area contributed by atoms with Crippen LogP contribution in [0.2, 0.25) is 0 Å². The van der Waals surface area contributed by atoms with E-state index >= 15 is 0 Å². The van der Waals surface area contributed by atoms with Crippen LogP contribution in [0.1, 0.15) is 31.3 Å². The molecule has 104 valence electrons. The van der Waals surface area contributed by atoms with Crippen molar-refractivity contribution in [3.63, 3.8) is 0 Å². The van der Waals surface area contributed by atoms with Gasteiger partial charge in [0.2, 0.25) is 0 Å². The lowest BCUT2D eigenvalue weighted by molar-refractivity contribution is 0.0483. The molecule has 7 heteroatoms. The molecule has 19 heavy (non-hydrogen) atoms. The first-order chi connectivity index (χ1) is 8.81. The predicted molar refractivity (Wildman–Crippen MR) is 67.6 cm³/mol. The predicted octanol–water partition coefficient (Wildman–Crippen LogP) is 1.26. The van der Waals surface area contributed by atoms with Crippen LogP contribution in [0.4, 0.5) is 4.79 Å². The van der Waals surface area contributed by atoms with Gasteiger partial charge in [-0.1, -0.05) is 0 Å². The quantitative estimate of drug-likeness (QED) is 0.787. The van der Waals surface area contributed by atoms with Crippen molar-refractivity contribution < 1.29 is 19.1 Å². The third kappa shape index (κ3) is 5.24. The van der Waals surface area contributed by atoms with E-state index in [0.717, 1.165) is 0 Å². The molecule has 1 rings (SSSR count). The largest absolute Gasteiger partial charge is 0.495 e. The van der Waals surface area contributed by atoms with Crippen molar-refractivity contribution in [2.45, 2.75) is 26.4 Å². The van der Waals surface area contributed by atoms with Gasteiger partial charge in [0.25, 0.3) is 5.91 Å². The first-order valence-corrected chi connectivity index (χ1v) is 5.61. The number of hydrogen-bond acceptors (Lipinski definition) is 5. The van der Waals surface area contributed by atoms with Crippen LogP contribution in [0.3, 0.4) is 0 Å². The van der Waals surface area contributed by atoms with Gasteiger partial charge < -0.3 is 9.47 Å². The molecule has 0 radical (unpaired) electrons. The minimum atomic E-state index is -0.741. The van der Waals surface area contributed by atoms with Crippen molar-refractivity contribution >= 4 is 12.0 Å². The third-order valence-corrected chi connectivity index (χ3v) is 1.88. The summed E-state index contributed by atoms with van der Waals surface area (Å²) >= 11 is 0. The molecule has 0 saturated carbocycles. The molecule has 0 aliphatic rings. The Hall–Kier alpha value is -2.31. The topological polar surface area (TPSA) is 89.6 Å². The number of rotatable bonds is 2. The van der Waals surface area contributed by atoms with Crippen molar-refractivity contribution in [2.75, 3.05) is 7.11 Å². The molecule has 1 heterocycles. The summed E-state index contributed by atoms with van der Waals surface area (Å²) in [5.74, 6) is -0.00911. The number of pyridine rings is 1. The fourth-order valence-corrected chi connectivity index (χ4v) is 1.11. The maximum atomic E-state index is 11.6. The number of carbonyl (C=O) groups is 2. The van der Waals surface area contributed by atoms with E-state index in [1.807, 2.05) is 0 Å². The van der Waals surface area contributed by atoms with Crippen LogP contribution in [0.25, 0.3) is 0 Å². The first-order valence-electron chi connectivity index (χ1n) is 5.61. The standard InChI is InChI=1S/C12H17N3O4/c1-12(2,3)19-11(17)15-14-10(16)9-6-5-8(18-4)7-13-9/h5-7H,1-4H3,(H,14,16)(H,15,17). The smallest absolute Gasteiger partial charge is 0.426 e. The molecule has 2 N–H and O–H groups in total. The van der Waals surface area contributed by atoms with Gasteiger partial charge in [0.1, 0.15) is 17.0 Å². The highest BCUT2D eigenvalue weighted by molar-refractivity contribution is 5.93. The summed E-state index contributed by atoms with van der Waals surface area (Å²) in [5, 5.41) is 0. The van der Waals surface area contributed by atoms with Gasteiger partial charge in [-0.05, 0) is 32.9 Å². The molecule has 0 unspecified atom stereocenters. The van der Waals surface area contributed by atoms with Gasteiger partial charge in [0.05, 0.1) is 13.3 Å². The number of methoxy groups -OCH3 is 1. The van der Waals surface area contributed by atoms with Crippen molar-refractivity contribution in [3.8, 4) is 5.75 Å². The second-order valence-corrected chi connectivity index (χ2v) is 4.66. The van der Waals surface area contributed by atoms with E-state index in [9.17, 15) is 9.59 Å². The fraction of sp³-hybridized carbons (Fsp3) is 0.417. The maximum Gasteiger partial charge on any atom is 0.426 e. The molecule has 1 aromatic rings. The van der Waals surface area contributed by atoms with Crippen LogP contribution in [0.5, 0.6) is 5.75 Å². The minimum Gasteiger partial charge on any atom is -0.495 e. The number of amides is 2. The second kappa shape index (κ2) is 6.03. The lowest BCUT2D eigenvalue weighted by Crippen LogP contribution is -2.44. The van der Waals surface area contributed by atoms with Gasteiger partial charge >= 0.3 is 6.09 Å². The molecule has 7 nitrogen and oxygen atoms in total. The Morgan fingerprint density at radius 3 is 2.37 bits per heavy atom. The summed E-state index contributed by atoms with van der Waals surface area (Å²) in [7, 11) is 1.50. The Morgan fingerprint density at radius 2 is 1.89 bits per heavy atom. The highest BCUT2D eigenvalue weighted by Crippen LogP contribution is 2.08. The highest BCUT2D eigenvalue weighted by Gasteiger charge is 2.17. The van der Waals surface area contributed by atoms with Crippen LogP contribution in [-0.4, -0.2) is 29.7 Å². The Bertz CT molecular complexity index is 451. The number of carbonyl (C=O) groups excluding carboxylic acids is 2. The Balaban J connectivity index is 2.49. The molecule has 0 bridgehead atoms. The monoisotopic (exact) mass is 267 g/mol. The van der Waals surface area contributed by atoms with Gasteiger partial charge in [-0.15, -0.1) is 0 Å². The highest BCUT2D eigenvalue weighted by atomic mass is 16.6. The van der Waals surface area contributed by atoms with Crippen molar-refractivity contribution in [1.82, 2.24) is 15.8 Å². The van der Waals surface area contributed by atoms with E-state index in [0.29, 0.717) is 5.75 Å². The van der Waals surface area contributed by atoms with Gasteiger partial charge in [-0.25, -0.2) is 15.2 Å². The minimum absolute atomic E-state index is 0.150. The van der Waals surface area contributed by atoms with Crippen LogP contribution >= 0.6 is 0 Å². The molecule has 0 aliphatic heterocycles. The van der Waals surface area contributed by atoms with Crippen molar-refractivity contribution in [1.29, 1.82) is 0 Å². The van der Waals surface area contributed by atoms with Gasteiger partial charge in [-0.2, -0.15) is 0 Å². The summed E-state index contributed by atoms with van der Waals surface area (Å²) in [4.78, 5) is 26.8. The Kier molecular flexibility index (Phi) is 4.68. The normalized spacial score (nSPS) is 10.5. The zero-order valence-corrected chi connectivity index (χ0v) is 11.3. The van der Waals surface area contributed by atoms with Gasteiger partial charge in [0.15, 0.2) is 0 Å². The van der Waals surface area contributed by atoms with Crippen LogP contribution in [-0.2, 0) is 4.74 Å². The molecule has 0 atom stereocenters. The number of hydrogen-bond donors (Lipinski definition) is 2. The summed E-state index contributed by atoms with van der Waals surface area (Å²) in [5.41, 5.74) is 3.84. The van der Waals surface area contributed by atoms with Gasteiger partial charge in [-0.3, -0.25) is 10.2 Å². The van der Waals surface area contributed by atoms with Crippen LogP contribution in [0, 0.1) is 0 Å². The molecule has 0 spiro atoms. The molecule has 0 aliphatic carbocycles. The lowest BCUT2D eigenvalue weighted by atomic mass is 10.2. The summed E-state index contributed by atoms with van der Waals surface area (Å²) in [6, 6.07) is 3.07. The number of hydrazine groups is 1. The third-order valence-electron chi connectivity index (χ3n) is 1.88. The Labute approximate surface area is 111 Å². The average molecular weight is 267 g/mol. The zero-order chi connectivity index (χ0) is 14.5. The van der Waals surface area contributed by atoms with E-state index in [-0.39, 0.29) is 5.69 Å². The van der Waals surface area contributed by atoms with E-state index in [2.05, 4.69) is 15.8 Å². The van der Waals surface area contributed by atoms with E-state index in [1.54, 1.807) is 26.8 Å². The molecular formula is C12H17N3O4. The molecule has 0 saturated heterocycles. The van der Waals surface area contributed by atoms with E-state index in [4.69, 9.17) is 9.47 Å². The molecule has 1 aromatic heterocycles. The fourth-order valence-electron chi connectivity index (χ4n) is 1.11. The summed E-state index contributed by atoms with van der Waals surface area (Å²) in [6.07, 6.45) is 0.664. The lowest BCUT2D eigenvalue weighted by Gasteiger charge is -2.19. The molecule has 0 fully saturated rings. The molecule has 2 amide bonds. The number of nitrogens with one attached hydrogen (secondary N) is 2. The van der Waals surface area contributed by atoms with Crippen LogP contribution in [0.15, 0.2) is 18.3 Å². The van der Waals surface area contributed by atoms with Crippen molar-refractivity contribution in [3.05, 3.63) is 24.0 Å². The maximum absolute atomic E-state index is 11.6. The van der Waals surface area contributed by atoms with E-state index in [1.165, 1.54) is 19.4 Å². The molecule has 0 aromatic carbocycles. The van der Waals surface area contributed by atoms with E-state index < -0.39 is 17.6 Å². The number of aromatic nitrogens is 1. The SMILES string of the molecule is COc1ccc(C(=O)NNC(=O)OC(C)(C)C)nc1. The first kappa shape index (κ1) is 14.7. The van der Waals surface area contributed by atoms with Gasteiger partial charge in [0, 0.05) is 0 Å². The Morgan fingerprint density at radius 1 is 1.21 bits per heavy atom. The second-order valence-electron chi connectivity index (χ2n) is 4.66. The number of nitrogens with zero attached hydrogens (tertiary/aromatic N) is 1. The summed E-state index contributed by atoms with van der Waals surface area (Å²) < 4.78 is 9.87. The average Bonchev–Trinajstić information content (AvgIpc) is 2.34.